The van der Waals surface area contributed by atoms with Gasteiger partial charge in [0.15, 0.2) is 11.5 Å². The van der Waals surface area contributed by atoms with Gasteiger partial charge in [-0.3, -0.25) is 9.59 Å². The van der Waals surface area contributed by atoms with Crippen LogP contribution in [0, 0.1) is 5.92 Å². The number of Topliss-reactive ketones (excluding diaryl/α,β-unsaturated/α-hetero) is 1. The fourth-order valence-electron chi connectivity index (χ4n) is 3.02. The van der Waals surface area contributed by atoms with Crippen LogP contribution in [-0.4, -0.2) is 33.3 Å². The summed E-state index contributed by atoms with van der Waals surface area (Å²) in [7, 11) is 0. The van der Waals surface area contributed by atoms with E-state index in [1.807, 2.05) is 20.8 Å². The molecule has 0 fully saturated rings. The Kier molecular flexibility index (Phi) is 5.65. The van der Waals surface area contributed by atoms with E-state index in [1.165, 1.54) is 17.0 Å². The molecule has 2 rings (SSSR count). The lowest BCUT2D eigenvalue weighted by Gasteiger charge is -2.27. The Morgan fingerprint density at radius 2 is 2.00 bits per heavy atom. The van der Waals surface area contributed by atoms with Crippen molar-refractivity contribution in [3.63, 3.8) is 0 Å². The number of carbonyl (C=O) groups excluding carboxylic acids is 2. The molecule has 0 spiro atoms. The van der Waals surface area contributed by atoms with Crippen molar-refractivity contribution in [2.45, 2.75) is 46.1 Å². The van der Waals surface area contributed by atoms with Gasteiger partial charge in [-0.2, -0.15) is 0 Å². The number of rotatable bonds is 7. The van der Waals surface area contributed by atoms with Crippen molar-refractivity contribution >= 4 is 11.7 Å². The lowest BCUT2D eigenvalue weighted by Crippen LogP contribution is -2.32. The monoisotopic (exact) mass is 331 g/mol. The van der Waals surface area contributed by atoms with Gasteiger partial charge in [0.2, 0.25) is 0 Å². The number of unbranched alkanes of at least 4 members (excludes halogenated alkanes) is 1. The van der Waals surface area contributed by atoms with Gasteiger partial charge in [0.25, 0.3) is 5.91 Å². The van der Waals surface area contributed by atoms with Crippen molar-refractivity contribution in [2.75, 3.05) is 6.54 Å². The van der Waals surface area contributed by atoms with Crippen LogP contribution in [0.15, 0.2) is 35.6 Å². The van der Waals surface area contributed by atoms with Crippen molar-refractivity contribution in [1.29, 1.82) is 0 Å². The van der Waals surface area contributed by atoms with Crippen molar-refractivity contribution in [3.05, 3.63) is 41.2 Å². The van der Waals surface area contributed by atoms with Crippen LogP contribution in [0.1, 0.15) is 51.6 Å². The number of aliphatic hydroxyl groups excluding tert-OH is 1. The first-order valence-electron chi connectivity index (χ1n) is 8.43. The molecule has 1 aliphatic heterocycles. The SMILES string of the molecule is CCCCN1C(=O)C(O)=C(C(=O)CC(C)C)C1c1cccc(O)c1. The largest absolute Gasteiger partial charge is 0.508 e. The molecule has 1 aliphatic rings. The van der Waals surface area contributed by atoms with E-state index in [1.54, 1.807) is 12.1 Å². The summed E-state index contributed by atoms with van der Waals surface area (Å²) in [5.74, 6) is -0.989. The van der Waals surface area contributed by atoms with Gasteiger partial charge >= 0.3 is 0 Å². The molecule has 24 heavy (non-hydrogen) atoms. The van der Waals surface area contributed by atoms with E-state index in [0.29, 0.717) is 12.1 Å². The van der Waals surface area contributed by atoms with Gasteiger partial charge in [0.05, 0.1) is 11.6 Å². The van der Waals surface area contributed by atoms with Gasteiger partial charge in [0, 0.05) is 13.0 Å². The molecule has 0 saturated heterocycles. The molecule has 0 saturated carbocycles. The van der Waals surface area contributed by atoms with Gasteiger partial charge in [0.1, 0.15) is 5.75 Å². The molecule has 1 heterocycles. The summed E-state index contributed by atoms with van der Waals surface area (Å²) >= 11 is 0. The predicted octanol–water partition coefficient (Wildman–Crippen LogP) is 3.50. The maximum atomic E-state index is 12.6. The first kappa shape index (κ1) is 18.0. The van der Waals surface area contributed by atoms with Crippen molar-refractivity contribution in [2.24, 2.45) is 5.92 Å². The van der Waals surface area contributed by atoms with E-state index in [2.05, 4.69) is 0 Å². The number of hydrogen-bond donors (Lipinski definition) is 2. The van der Waals surface area contributed by atoms with E-state index in [-0.39, 0.29) is 29.4 Å². The van der Waals surface area contributed by atoms with Gasteiger partial charge in [-0.25, -0.2) is 0 Å². The number of aromatic hydroxyl groups is 1. The number of hydrogen-bond acceptors (Lipinski definition) is 4. The second kappa shape index (κ2) is 7.51. The summed E-state index contributed by atoms with van der Waals surface area (Å²) in [4.78, 5) is 26.7. The maximum Gasteiger partial charge on any atom is 0.290 e. The number of amides is 1. The molecule has 1 amide bonds. The fraction of sp³-hybridized carbons (Fsp3) is 0.474. The molecule has 0 radical (unpaired) electrons. The molecule has 1 atom stereocenters. The van der Waals surface area contributed by atoms with Crippen LogP contribution in [0.3, 0.4) is 0 Å². The molecule has 0 bridgehead atoms. The van der Waals surface area contributed by atoms with Gasteiger partial charge < -0.3 is 15.1 Å². The Bertz CT molecular complexity index is 663. The lowest BCUT2D eigenvalue weighted by atomic mass is 9.92. The highest BCUT2D eigenvalue weighted by molar-refractivity contribution is 6.09. The summed E-state index contributed by atoms with van der Waals surface area (Å²) in [5, 5.41) is 20.1. The van der Waals surface area contributed by atoms with Crippen LogP contribution in [-0.2, 0) is 9.59 Å². The number of carbonyl (C=O) groups is 2. The van der Waals surface area contributed by atoms with E-state index in [4.69, 9.17) is 0 Å². The normalized spacial score (nSPS) is 17.9. The highest BCUT2D eigenvalue weighted by Gasteiger charge is 2.43. The number of benzene rings is 1. The van der Waals surface area contributed by atoms with Crippen LogP contribution >= 0.6 is 0 Å². The maximum absolute atomic E-state index is 12.6. The molecule has 1 aromatic rings. The Labute approximate surface area is 142 Å². The quantitative estimate of drug-likeness (QED) is 0.801. The zero-order chi connectivity index (χ0) is 17.9. The molecular weight excluding hydrogens is 306 g/mol. The topological polar surface area (TPSA) is 77.8 Å². The van der Waals surface area contributed by atoms with Crippen LogP contribution < -0.4 is 0 Å². The predicted molar refractivity (Wildman–Crippen MR) is 91.6 cm³/mol. The summed E-state index contributed by atoms with van der Waals surface area (Å²) in [6.07, 6.45) is 1.94. The summed E-state index contributed by atoms with van der Waals surface area (Å²) in [6.45, 7) is 6.31. The standard InChI is InChI=1S/C19H25NO4/c1-4-5-9-20-17(13-7-6-8-14(21)11-13)16(18(23)19(20)24)15(22)10-12(2)3/h6-8,11-12,17,21,23H,4-5,9-10H2,1-3H3. The first-order chi connectivity index (χ1) is 11.4. The number of nitrogens with zero attached hydrogens (tertiary/aromatic N) is 1. The Morgan fingerprint density at radius 3 is 2.58 bits per heavy atom. The van der Waals surface area contributed by atoms with Gasteiger partial charge in [-0.1, -0.05) is 39.3 Å². The second-order valence-corrected chi connectivity index (χ2v) is 6.63. The van der Waals surface area contributed by atoms with E-state index in [0.717, 1.165) is 12.8 Å². The summed E-state index contributed by atoms with van der Waals surface area (Å²) in [6, 6.07) is 5.88. The first-order valence-corrected chi connectivity index (χ1v) is 8.43. The Balaban J connectivity index is 2.47. The Morgan fingerprint density at radius 1 is 1.29 bits per heavy atom. The molecular formula is C19H25NO4. The molecule has 1 unspecified atom stereocenters. The minimum Gasteiger partial charge on any atom is -0.508 e. The third kappa shape index (κ3) is 3.61. The lowest BCUT2D eigenvalue weighted by molar-refractivity contribution is -0.129. The molecule has 0 aliphatic carbocycles. The van der Waals surface area contributed by atoms with Crippen LogP contribution in [0.5, 0.6) is 5.75 Å². The number of phenols is 1. The molecule has 5 heteroatoms. The van der Waals surface area contributed by atoms with Crippen molar-refractivity contribution in [3.8, 4) is 5.75 Å². The molecule has 0 aromatic heterocycles. The number of phenolic OH excluding ortho intramolecular Hbond substituents is 1. The summed E-state index contributed by atoms with van der Waals surface area (Å²) < 4.78 is 0. The van der Waals surface area contributed by atoms with Crippen molar-refractivity contribution < 1.29 is 19.8 Å². The zero-order valence-electron chi connectivity index (χ0n) is 14.5. The highest BCUT2D eigenvalue weighted by atomic mass is 16.3. The third-order valence-electron chi connectivity index (χ3n) is 4.14. The average Bonchev–Trinajstić information content (AvgIpc) is 2.76. The molecule has 5 nitrogen and oxygen atoms in total. The summed E-state index contributed by atoms with van der Waals surface area (Å²) in [5.41, 5.74) is 0.783. The minimum atomic E-state index is -0.637. The highest BCUT2D eigenvalue weighted by Crippen LogP contribution is 2.39. The van der Waals surface area contributed by atoms with Gasteiger partial charge in [-0.05, 0) is 30.0 Å². The molecule has 130 valence electrons. The van der Waals surface area contributed by atoms with Crippen molar-refractivity contribution in [1.82, 2.24) is 4.90 Å². The minimum absolute atomic E-state index is 0.0671. The fourth-order valence-corrected chi connectivity index (χ4v) is 3.02. The van der Waals surface area contributed by atoms with Crippen LogP contribution in [0.4, 0.5) is 0 Å². The van der Waals surface area contributed by atoms with E-state index in [9.17, 15) is 19.8 Å². The van der Waals surface area contributed by atoms with Gasteiger partial charge in [-0.15, -0.1) is 0 Å². The van der Waals surface area contributed by atoms with Crippen LogP contribution in [0.25, 0.3) is 0 Å². The molecule has 2 N–H and O–H groups in total. The average molecular weight is 331 g/mol. The third-order valence-corrected chi connectivity index (χ3v) is 4.14. The zero-order valence-corrected chi connectivity index (χ0v) is 14.5. The molecule has 1 aromatic carbocycles. The van der Waals surface area contributed by atoms with E-state index >= 15 is 0 Å². The smallest absolute Gasteiger partial charge is 0.290 e. The Hall–Kier alpha value is -2.30. The van der Waals surface area contributed by atoms with Crippen LogP contribution in [0.2, 0.25) is 0 Å². The van der Waals surface area contributed by atoms with E-state index < -0.39 is 17.7 Å². The number of aliphatic hydroxyl groups is 1. The number of ketones is 1. The second-order valence-electron chi connectivity index (χ2n) is 6.63.